The van der Waals surface area contributed by atoms with E-state index in [1.54, 1.807) is 12.1 Å². The molecule has 1 aromatic carbocycles. The van der Waals surface area contributed by atoms with Crippen LogP contribution in [0.15, 0.2) is 18.2 Å². The summed E-state index contributed by atoms with van der Waals surface area (Å²) in [4.78, 5) is 37.1. The molecule has 0 spiro atoms. The van der Waals surface area contributed by atoms with Gasteiger partial charge in [-0.1, -0.05) is 19.9 Å². The Hall–Kier alpha value is -2.57. The van der Waals surface area contributed by atoms with E-state index in [0.29, 0.717) is 17.9 Å². The summed E-state index contributed by atoms with van der Waals surface area (Å²) in [5, 5.41) is 5.27. The number of carbonyl (C=O) groups is 3. The predicted molar refractivity (Wildman–Crippen MR) is 92.2 cm³/mol. The number of amides is 2. The maximum Gasteiger partial charge on any atom is 0.328 e. The maximum atomic E-state index is 12.7. The second-order valence-electron chi connectivity index (χ2n) is 6.77. The van der Waals surface area contributed by atoms with E-state index in [0.717, 1.165) is 5.56 Å². The highest BCUT2D eigenvalue weighted by Crippen LogP contribution is 2.34. The zero-order valence-corrected chi connectivity index (χ0v) is 15.1. The van der Waals surface area contributed by atoms with E-state index in [1.165, 1.54) is 14.0 Å². The van der Waals surface area contributed by atoms with Crippen molar-refractivity contribution in [3.63, 3.8) is 0 Å². The van der Waals surface area contributed by atoms with Crippen molar-refractivity contribution in [1.82, 2.24) is 5.32 Å². The molecule has 1 aliphatic rings. The quantitative estimate of drug-likeness (QED) is 0.625. The fraction of sp³-hybridized carbons (Fsp3) is 0.500. The third kappa shape index (κ3) is 3.92. The second kappa shape index (κ2) is 7.13. The lowest BCUT2D eigenvalue weighted by Crippen LogP contribution is -2.61. The Bertz CT molecular complexity index is 701. The Morgan fingerprint density at radius 1 is 1.36 bits per heavy atom. The second-order valence-corrected chi connectivity index (χ2v) is 6.77. The number of methoxy groups -OCH3 is 1. The summed E-state index contributed by atoms with van der Waals surface area (Å²) in [6, 6.07) is 4.44. The van der Waals surface area contributed by atoms with Crippen LogP contribution in [0.25, 0.3) is 0 Å². The molecule has 2 atom stereocenters. The standard InChI is InChI=1S/C18H24N2O5/c1-10(2)8-13(15(21)24-5)20-17(23)18(4)16(22)19-12-9-11(3)6-7-14(12)25-18/h6-7,9-10,13H,8H2,1-5H3,(H,19,22)(H,20,23). The van der Waals surface area contributed by atoms with E-state index < -0.39 is 29.4 Å². The summed E-state index contributed by atoms with van der Waals surface area (Å²) in [6.07, 6.45) is 0.395. The maximum absolute atomic E-state index is 12.7. The van der Waals surface area contributed by atoms with Gasteiger partial charge in [-0.2, -0.15) is 0 Å². The molecule has 0 saturated heterocycles. The number of ether oxygens (including phenoxy) is 2. The molecule has 2 unspecified atom stereocenters. The van der Waals surface area contributed by atoms with Gasteiger partial charge in [0.1, 0.15) is 11.8 Å². The van der Waals surface area contributed by atoms with Gasteiger partial charge < -0.3 is 20.1 Å². The molecule has 1 aliphatic heterocycles. The van der Waals surface area contributed by atoms with E-state index in [4.69, 9.17) is 9.47 Å². The monoisotopic (exact) mass is 348 g/mol. The van der Waals surface area contributed by atoms with Crippen LogP contribution in [-0.4, -0.2) is 36.5 Å². The Balaban J connectivity index is 2.23. The van der Waals surface area contributed by atoms with Crippen LogP contribution >= 0.6 is 0 Å². The molecule has 0 radical (unpaired) electrons. The van der Waals surface area contributed by atoms with Gasteiger partial charge in [0, 0.05) is 0 Å². The summed E-state index contributed by atoms with van der Waals surface area (Å²) in [5.74, 6) is -1.27. The van der Waals surface area contributed by atoms with Crippen molar-refractivity contribution in [1.29, 1.82) is 0 Å². The van der Waals surface area contributed by atoms with E-state index in [9.17, 15) is 14.4 Å². The molecule has 25 heavy (non-hydrogen) atoms. The van der Waals surface area contributed by atoms with E-state index in [2.05, 4.69) is 10.6 Å². The van der Waals surface area contributed by atoms with Gasteiger partial charge in [-0.15, -0.1) is 0 Å². The third-order valence-corrected chi connectivity index (χ3v) is 4.06. The van der Waals surface area contributed by atoms with Gasteiger partial charge in [0.05, 0.1) is 12.8 Å². The van der Waals surface area contributed by atoms with Crippen molar-refractivity contribution in [2.75, 3.05) is 12.4 Å². The molecule has 0 fully saturated rings. The smallest absolute Gasteiger partial charge is 0.328 e. The lowest BCUT2D eigenvalue weighted by atomic mass is 9.98. The summed E-state index contributed by atoms with van der Waals surface area (Å²) in [7, 11) is 1.26. The van der Waals surface area contributed by atoms with E-state index in [-0.39, 0.29) is 5.92 Å². The zero-order valence-electron chi connectivity index (χ0n) is 15.1. The molecular weight excluding hydrogens is 324 g/mol. The first-order valence-electron chi connectivity index (χ1n) is 8.17. The molecular formula is C18H24N2O5. The minimum Gasteiger partial charge on any atom is -0.467 e. The number of carbonyl (C=O) groups excluding carboxylic acids is 3. The van der Waals surface area contributed by atoms with Crippen LogP contribution in [0.3, 0.4) is 0 Å². The first kappa shape index (κ1) is 18.8. The molecule has 7 heteroatoms. The molecule has 136 valence electrons. The zero-order chi connectivity index (χ0) is 18.8. The Morgan fingerprint density at radius 3 is 2.64 bits per heavy atom. The first-order valence-corrected chi connectivity index (χ1v) is 8.17. The largest absolute Gasteiger partial charge is 0.467 e. The SMILES string of the molecule is COC(=O)C(CC(C)C)NC(=O)C1(C)Oc2ccc(C)cc2NC1=O. The molecule has 0 aromatic heterocycles. The third-order valence-electron chi connectivity index (χ3n) is 4.06. The summed E-state index contributed by atoms with van der Waals surface area (Å²) in [6.45, 7) is 7.11. The first-order chi connectivity index (χ1) is 11.7. The van der Waals surface area contributed by atoms with Crippen LogP contribution in [-0.2, 0) is 19.1 Å². The lowest BCUT2D eigenvalue weighted by molar-refractivity contribution is -0.152. The van der Waals surface area contributed by atoms with Crippen LogP contribution in [0.4, 0.5) is 5.69 Å². The molecule has 1 aromatic rings. The number of anilines is 1. The van der Waals surface area contributed by atoms with Gasteiger partial charge in [0.15, 0.2) is 0 Å². The summed E-state index contributed by atoms with van der Waals surface area (Å²) >= 11 is 0. The van der Waals surface area contributed by atoms with Crippen molar-refractivity contribution in [3.8, 4) is 5.75 Å². The fourth-order valence-electron chi connectivity index (χ4n) is 2.61. The minimum atomic E-state index is -1.77. The number of hydrogen-bond acceptors (Lipinski definition) is 5. The highest BCUT2D eigenvalue weighted by atomic mass is 16.5. The molecule has 7 nitrogen and oxygen atoms in total. The van der Waals surface area contributed by atoms with Gasteiger partial charge in [0.2, 0.25) is 0 Å². The van der Waals surface area contributed by atoms with Crippen molar-refractivity contribution < 1.29 is 23.9 Å². The normalized spacial score (nSPS) is 20.2. The van der Waals surface area contributed by atoms with Crippen molar-refractivity contribution >= 4 is 23.5 Å². The fourth-order valence-corrected chi connectivity index (χ4v) is 2.61. The van der Waals surface area contributed by atoms with Crippen LogP contribution in [0.1, 0.15) is 32.8 Å². The number of rotatable bonds is 5. The Labute approximate surface area is 147 Å². The van der Waals surface area contributed by atoms with Crippen molar-refractivity contribution in [3.05, 3.63) is 23.8 Å². The van der Waals surface area contributed by atoms with Gasteiger partial charge in [-0.25, -0.2) is 4.79 Å². The number of fused-ring (bicyclic) bond motifs is 1. The number of nitrogens with one attached hydrogen (secondary N) is 2. The van der Waals surface area contributed by atoms with Crippen LogP contribution < -0.4 is 15.4 Å². The molecule has 1 heterocycles. The minimum absolute atomic E-state index is 0.155. The molecule has 2 N–H and O–H groups in total. The number of aryl methyl sites for hydroxylation is 1. The van der Waals surface area contributed by atoms with E-state index >= 15 is 0 Å². The topological polar surface area (TPSA) is 93.7 Å². The van der Waals surface area contributed by atoms with Gasteiger partial charge in [0.25, 0.3) is 17.4 Å². The predicted octanol–water partition coefficient (Wildman–Crippen LogP) is 1.79. The highest BCUT2D eigenvalue weighted by molar-refractivity contribution is 6.15. The Morgan fingerprint density at radius 2 is 2.04 bits per heavy atom. The van der Waals surface area contributed by atoms with Gasteiger partial charge >= 0.3 is 5.97 Å². The average Bonchev–Trinajstić information content (AvgIpc) is 2.54. The van der Waals surface area contributed by atoms with Gasteiger partial charge in [-0.05, 0) is 43.9 Å². The molecule has 0 saturated carbocycles. The van der Waals surface area contributed by atoms with Crippen LogP contribution in [0.5, 0.6) is 5.75 Å². The van der Waals surface area contributed by atoms with Crippen molar-refractivity contribution in [2.24, 2.45) is 5.92 Å². The molecule has 2 rings (SSSR count). The molecule has 0 bridgehead atoms. The van der Waals surface area contributed by atoms with Crippen molar-refractivity contribution in [2.45, 2.75) is 45.8 Å². The van der Waals surface area contributed by atoms with Crippen LogP contribution in [0, 0.1) is 12.8 Å². The number of esters is 1. The molecule has 0 aliphatic carbocycles. The van der Waals surface area contributed by atoms with Gasteiger partial charge in [-0.3, -0.25) is 9.59 Å². The van der Waals surface area contributed by atoms with Crippen LogP contribution in [0.2, 0.25) is 0 Å². The number of benzene rings is 1. The highest BCUT2D eigenvalue weighted by Gasteiger charge is 2.48. The number of hydrogen-bond donors (Lipinski definition) is 2. The lowest BCUT2D eigenvalue weighted by Gasteiger charge is -2.34. The molecule has 2 amide bonds. The Kier molecular flexibility index (Phi) is 5.35. The average molecular weight is 348 g/mol. The summed E-state index contributed by atoms with van der Waals surface area (Å²) < 4.78 is 10.4. The summed E-state index contributed by atoms with van der Waals surface area (Å²) in [5.41, 5.74) is -0.300. The van der Waals surface area contributed by atoms with E-state index in [1.807, 2.05) is 26.8 Å².